The van der Waals surface area contributed by atoms with Crippen LogP contribution in [0.25, 0.3) is 10.9 Å². The molecule has 0 aliphatic heterocycles. The quantitative estimate of drug-likeness (QED) is 0.514. The monoisotopic (exact) mass is 129 g/mol. The summed E-state index contributed by atoms with van der Waals surface area (Å²) in [5.41, 5.74) is 1.95. The Morgan fingerprint density at radius 3 is 3.10 bits per heavy atom. The standard InChI is InChI=1S/C8H6BN.H2/c9-7-1-2-8-6(5-7)3-4-10-8;/h1-5,10H;1H. The molecule has 1 N–H and O–H groups in total. The van der Waals surface area contributed by atoms with Crippen molar-refractivity contribution in [2.45, 2.75) is 0 Å². The van der Waals surface area contributed by atoms with Crippen LogP contribution in [-0.4, -0.2) is 12.8 Å². The SMILES string of the molecule is [B]c1ccc2[nH]ccc2c1.[HH]. The van der Waals surface area contributed by atoms with Gasteiger partial charge in [-0.3, -0.25) is 0 Å². The highest BCUT2D eigenvalue weighted by Crippen LogP contribution is 2.07. The molecule has 1 aromatic carbocycles. The average Bonchev–Trinajstić information content (AvgIpc) is 2.33. The fourth-order valence-corrected chi connectivity index (χ4v) is 1.07. The van der Waals surface area contributed by atoms with Crippen molar-refractivity contribution in [1.82, 2.24) is 4.98 Å². The molecular weight excluding hydrogens is 121 g/mol. The summed E-state index contributed by atoms with van der Waals surface area (Å²) in [5, 5.41) is 1.17. The molecule has 0 aliphatic carbocycles. The molecule has 48 valence electrons. The van der Waals surface area contributed by atoms with Gasteiger partial charge in [-0.25, -0.2) is 0 Å². The van der Waals surface area contributed by atoms with Crippen LogP contribution in [0.15, 0.2) is 30.5 Å². The van der Waals surface area contributed by atoms with E-state index < -0.39 is 0 Å². The van der Waals surface area contributed by atoms with Gasteiger partial charge in [0.15, 0.2) is 0 Å². The first kappa shape index (κ1) is 5.60. The molecule has 0 atom stereocenters. The Labute approximate surface area is 62.0 Å². The van der Waals surface area contributed by atoms with Crippen LogP contribution in [0.2, 0.25) is 0 Å². The van der Waals surface area contributed by atoms with Crippen LogP contribution >= 0.6 is 0 Å². The molecule has 2 heteroatoms. The van der Waals surface area contributed by atoms with Gasteiger partial charge in [-0.1, -0.05) is 17.6 Å². The number of hydrogen-bond acceptors (Lipinski definition) is 0. The number of fused-ring (bicyclic) bond motifs is 1. The molecule has 0 amide bonds. The molecule has 2 radical (unpaired) electrons. The molecule has 1 aromatic heterocycles. The molecule has 0 bridgehead atoms. The molecule has 1 nitrogen and oxygen atoms in total. The summed E-state index contributed by atoms with van der Waals surface area (Å²) in [7, 11) is 5.57. The van der Waals surface area contributed by atoms with Crippen molar-refractivity contribution in [2.24, 2.45) is 0 Å². The van der Waals surface area contributed by atoms with E-state index in [0.717, 1.165) is 11.0 Å². The maximum Gasteiger partial charge on any atom is 0.113 e. The van der Waals surface area contributed by atoms with Crippen molar-refractivity contribution in [3.05, 3.63) is 30.5 Å². The minimum atomic E-state index is 0. The van der Waals surface area contributed by atoms with Gasteiger partial charge in [0.2, 0.25) is 0 Å². The number of rotatable bonds is 0. The van der Waals surface area contributed by atoms with Crippen molar-refractivity contribution < 1.29 is 1.43 Å². The zero-order valence-electron chi connectivity index (χ0n) is 5.46. The summed E-state index contributed by atoms with van der Waals surface area (Å²) in [5.74, 6) is 0. The fraction of sp³-hybridized carbons (Fsp3) is 0. The van der Waals surface area contributed by atoms with Crippen LogP contribution in [0.3, 0.4) is 0 Å². The lowest BCUT2D eigenvalue weighted by Crippen LogP contribution is -1.98. The summed E-state index contributed by atoms with van der Waals surface area (Å²) in [6.07, 6.45) is 1.91. The maximum absolute atomic E-state index is 5.57. The van der Waals surface area contributed by atoms with Crippen molar-refractivity contribution in [3.8, 4) is 0 Å². The van der Waals surface area contributed by atoms with E-state index in [9.17, 15) is 0 Å². The van der Waals surface area contributed by atoms with Gasteiger partial charge in [0, 0.05) is 13.1 Å². The molecule has 0 unspecified atom stereocenters. The summed E-state index contributed by atoms with van der Waals surface area (Å²) in [4.78, 5) is 3.09. The number of hydrogen-bond donors (Lipinski definition) is 1. The van der Waals surface area contributed by atoms with E-state index in [1.165, 1.54) is 5.39 Å². The molecule has 10 heavy (non-hydrogen) atoms. The van der Waals surface area contributed by atoms with E-state index in [2.05, 4.69) is 4.98 Å². The Hall–Kier alpha value is -1.18. The molecule has 0 saturated heterocycles. The third kappa shape index (κ3) is 0.729. The third-order valence-electron chi connectivity index (χ3n) is 1.58. The second kappa shape index (κ2) is 1.91. The van der Waals surface area contributed by atoms with E-state index >= 15 is 0 Å². The van der Waals surface area contributed by atoms with Gasteiger partial charge in [0.25, 0.3) is 0 Å². The zero-order valence-corrected chi connectivity index (χ0v) is 5.46. The molecule has 1 heterocycles. The Bertz CT molecular complexity index is 356. The van der Waals surface area contributed by atoms with Gasteiger partial charge in [-0.05, 0) is 17.5 Å². The van der Waals surface area contributed by atoms with Gasteiger partial charge in [0.1, 0.15) is 7.85 Å². The van der Waals surface area contributed by atoms with Crippen LogP contribution in [0.4, 0.5) is 0 Å². The maximum atomic E-state index is 5.57. The van der Waals surface area contributed by atoms with E-state index in [1.807, 2.05) is 30.5 Å². The Morgan fingerprint density at radius 2 is 2.20 bits per heavy atom. The lowest BCUT2D eigenvalue weighted by molar-refractivity contribution is 1.48. The predicted molar refractivity (Wildman–Crippen MR) is 45.8 cm³/mol. The molecule has 0 saturated carbocycles. The lowest BCUT2D eigenvalue weighted by Gasteiger charge is -1.90. The largest absolute Gasteiger partial charge is 0.361 e. The molecule has 0 spiro atoms. The Balaban J connectivity index is 0.000000605. The van der Waals surface area contributed by atoms with Gasteiger partial charge < -0.3 is 4.98 Å². The predicted octanol–water partition coefficient (Wildman–Crippen LogP) is 1.21. The second-order valence-electron chi connectivity index (χ2n) is 2.32. The van der Waals surface area contributed by atoms with Crippen LogP contribution in [-0.2, 0) is 0 Å². The fourth-order valence-electron chi connectivity index (χ4n) is 1.07. The highest BCUT2D eigenvalue weighted by molar-refractivity contribution is 6.33. The third-order valence-corrected chi connectivity index (χ3v) is 1.58. The normalized spacial score (nSPS) is 10.4. The van der Waals surface area contributed by atoms with Crippen molar-refractivity contribution in [3.63, 3.8) is 0 Å². The van der Waals surface area contributed by atoms with Crippen molar-refractivity contribution >= 4 is 24.2 Å². The van der Waals surface area contributed by atoms with Gasteiger partial charge in [-0.15, -0.1) is 0 Å². The van der Waals surface area contributed by atoms with Crippen LogP contribution in [0.1, 0.15) is 1.43 Å². The Kier molecular flexibility index (Phi) is 1.07. The first-order chi connectivity index (χ1) is 4.86. The molecular formula is C8H8BN. The van der Waals surface area contributed by atoms with Crippen LogP contribution < -0.4 is 5.46 Å². The van der Waals surface area contributed by atoms with Crippen LogP contribution in [0.5, 0.6) is 0 Å². The van der Waals surface area contributed by atoms with E-state index in [4.69, 9.17) is 7.85 Å². The van der Waals surface area contributed by atoms with Gasteiger partial charge in [0.05, 0.1) is 0 Å². The second-order valence-corrected chi connectivity index (χ2v) is 2.32. The summed E-state index contributed by atoms with van der Waals surface area (Å²) in [6, 6.07) is 7.82. The van der Waals surface area contributed by atoms with Gasteiger partial charge in [-0.2, -0.15) is 0 Å². The average molecular weight is 129 g/mol. The minimum Gasteiger partial charge on any atom is -0.361 e. The van der Waals surface area contributed by atoms with Crippen LogP contribution in [0, 0.1) is 0 Å². The van der Waals surface area contributed by atoms with E-state index in [-0.39, 0.29) is 1.43 Å². The minimum absolute atomic E-state index is 0. The van der Waals surface area contributed by atoms with E-state index in [1.54, 1.807) is 0 Å². The van der Waals surface area contributed by atoms with E-state index in [0.29, 0.717) is 0 Å². The summed E-state index contributed by atoms with van der Waals surface area (Å²) < 4.78 is 0. The van der Waals surface area contributed by atoms with Crippen molar-refractivity contribution in [1.29, 1.82) is 0 Å². The highest BCUT2D eigenvalue weighted by atomic mass is 14.7. The molecule has 2 aromatic rings. The number of aromatic amines is 1. The summed E-state index contributed by atoms with van der Waals surface area (Å²) in [6.45, 7) is 0. The number of nitrogens with one attached hydrogen (secondary N) is 1. The lowest BCUT2D eigenvalue weighted by atomic mass is 9.95. The molecule has 2 rings (SSSR count). The number of aromatic nitrogens is 1. The molecule has 0 fully saturated rings. The molecule has 0 aliphatic rings. The smallest absolute Gasteiger partial charge is 0.113 e. The first-order valence-electron chi connectivity index (χ1n) is 3.19. The van der Waals surface area contributed by atoms with Gasteiger partial charge >= 0.3 is 0 Å². The number of benzene rings is 1. The first-order valence-corrected chi connectivity index (χ1v) is 3.19. The van der Waals surface area contributed by atoms with Crippen molar-refractivity contribution in [2.75, 3.05) is 0 Å². The number of H-pyrrole nitrogens is 1. The zero-order chi connectivity index (χ0) is 6.97. The summed E-state index contributed by atoms with van der Waals surface area (Å²) >= 11 is 0. The topological polar surface area (TPSA) is 15.8 Å². The highest BCUT2D eigenvalue weighted by Gasteiger charge is 1.90. The Morgan fingerprint density at radius 1 is 1.30 bits per heavy atom.